The first-order valence-electron chi connectivity index (χ1n) is 5.50. The molecule has 0 radical (unpaired) electrons. The zero-order chi connectivity index (χ0) is 16.2. The molecule has 1 atom stereocenters. The summed E-state index contributed by atoms with van der Waals surface area (Å²) in [6, 6.07) is 0.585. The first-order chi connectivity index (χ1) is 9.66. The van der Waals surface area contributed by atoms with Gasteiger partial charge in [0.25, 0.3) is 5.69 Å². The molecule has 0 aliphatic rings. The minimum Gasteiger partial charge on any atom is -0.480 e. The van der Waals surface area contributed by atoms with Crippen LogP contribution in [0.5, 0.6) is 0 Å². The molecule has 21 heavy (non-hydrogen) atoms. The molecule has 1 rings (SSSR count). The quantitative estimate of drug-likeness (QED) is 0.616. The number of nitrogens with one attached hydrogen (secondary N) is 1. The second kappa shape index (κ2) is 6.39. The number of hydrogen-bond acceptors (Lipinski definition) is 5. The van der Waals surface area contributed by atoms with Gasteiger partial charge in [-0.1, -0.05) is 0 Å². The van der Waals surface area contributed by atoms with Crippen LogP contribution in [-0.4, -0.2) is 35.8 Å². The molecule has 2 N–H and O–H groups in total. The predicted octanol–water partition coefficient (Wildman–Crippen LogP) is 2.13. The van der Waals surface area contributed by atoms with Crippen LogP contribution in [0.3, 0.4) is 0 Å². The van der Waals surface area contributed by atoms with Crippen molar-refractivity contribution in [3.05, 3.63) is 33.9 Å². The molecule has 0 fully saturated rings. The Kier molecular flexibility index (Phi) is 5.08. The first-order valence-corrected chi connectivity index (χ1v) is 5.50. The lowest BCUT2D eigenvalue weighted by atomic mass is 10.1. The number of halogens is 3. The van der Waals surface area contributed by atoms with Gasteiger partial charge in [0.1, 0.15) is 6.04 Å². The topological polar surface area (TPSA) is 102 Å². The number of anilines is 1. The summed E-state index contributed by atoms with van der Waals surface area (Å²) in [6.45, 7) is -0.371. The molecule has 1 unspecified atom stereocenters. The zero-order valence-corrected chi connectivity index (χ0v) is 10.7. The molecular formula is C11H11F3N2O5. The maximum absolute atomic E-state index is 12.9. The number of alkyl halides is 3. The van der Waals surface area contributed by atoms with Gasteiger partial charge in [0.05, 0.1) is 17.1 Å². The molecule has 0 spiro atoms. The van der Waals surface area contributed by atoms with Crippen LogP contribution in [0.2, 0.25) is 0 Å². The van der Waals surface area contributed by atoms with Crippen LogP contribution in [-0.2, 0) is 15.7 Å². The highest BCUT2D eigenvalue weighted by molar-refractivity contribution is 5.78. The number of nitrogens with zero attached hydrogens (tertiary/aromatic N) is 1. The summed E-state index contributed by atoms with van der Waals surface area (Å²) >= 11 is 0. The Balaban J connectivity index is 3.22. The van der Waals surface area contributed by atoms with Crippen molar-refractivity contribution in [3.63, 3.8) is 0 Å². The second-order valence-electron chi connectivity index (χ2n) is 3.98. The SMILES string of the molecule is COCC(Nc1ccc([N+](=O)[O-])cc1C(F)(F)F)C(=O)O. The number of methoxy groups -OCH3 is 1. The lowest BCUT2D eigenvalue weighted by Crippen LogP contribution is -2.34. The molecule has 1 aromatic rings. The molecule has 0 heterocycles. The smallest absolute Gasteiger partial charge is 0.418 e. The van der Waals surface area contributed by atoms with E-state index in [0.29, 0.717) is 6.07 Å². The van der Waals surface area contributed by atoms with Crippen LogP contribution in [0.4, 0.5) is 24.5 Å². The van der Waals surface area contributed by atoms with Gasteiger partial charge in [0.2, 0.25) is 0 Å². The third-order valence-electron chi connectivity index (χ3n) is 2.48. The van der Waals surface area contributed by atoms with Gasteiger partial charge < -0.3 is 15.2 Å². The Bertz CT molecular complexity index is 547. The number of benzene rings is 1. The number of carboxylic acids is 1. The Hall–Kier alpha value is -2.36. The number of nitro benzene ring substituents is 1. The average molecular weight is 308 g/mol. The number of non-ortho nitro benzene ring substituents is 1. The van der Waals surface area contributed by atoms with E-state index in [2.05, 4.69) is 10.1 Å². The number of carbonyl (C=O) groups is 1. The fourth-order valence-electron chi connectivity index (χ4n) is 1.54. The van der Waals surface area contributed by atoms with Gasteiger partial charge in [-0.3, -0.25) is 10.1 Å². The van der Waals surface area contributed by atoms with E-state index in [9.17, 15) is 28.1 Å². The summed E-state index contributed by atoms with van der Waals surface area (Å²) in [5.41, 5.74) is -2.64. The fourth-order valence-corrected chi connectivity index (χ4v) is 1.54. The van der Waals surface area contributed by atoms with Gasteiger partial charge >= 0.3 is 12.1 Å². The van der Waals surface area contributed by atoms with Gasteiger partial charge in [-0.25, -0.2) is 4.79 Å². The molecule has 1 aromatic carbocycles. The maximum atomic E-state index is 12.9. The molecule has 0 aromatic heterocycles. The van der Waals surface area contributed by atoms with E-state index >= 15 is 0 Å². The van der Waals surface area contributed by atoms with E-state index in [4.69, 9.17) is 5.11 Å². The summed E-state index contributed by atoms with van der Waals surface area (Å²) in [4.78, 5) is 20.5. The molecule has 0 bridgehead atoms. The third-order valence-corrected chi connectivity index (χ3v) is 2.48. The minimum absolute atomic E-state index is 0.341. The van der Waals surface area contributed by atoms with Crippen LogP contribution in [0.1, 0.15) is 5.56 Å². The van der Waals surface area contributed by atoms with Crippen LogP contribution < -0.4 is 5.32 Å². The van der Waals surface area contributed by atoms with Gasteiger partial charge in [-0.15, -0.1) is 0 Å². The van der Waals surface area contributed by atoms with E-state index in [1.807, 2.05) is 0 Å². The molecule has 0 aliphatic heterocycles. The van der Waals surface area contributed by atoms with Crippen molar-refractivity contribution in [1.29, 1.82) is 0 Å². The zero-order valence-electron chi connectivity index (χ0n) is 10.7. The fraction of sp³-hybridized carbons (Fsp3) is 0.364. The van der Waals surface area contributed by atoms with Crippen molar-refractivity contribution in [2.75, 3.05) is 19.0 Å². The second-order valence-corrected chi connectivity index (χ2v) is 3.98. The lowest BCUT2D eigenvalue weighted by molar-refractivity contribution is -0.385. The van der Waals surface area contributed by atoms with Crippen LogP contribution in [0.15, 0.2) is 18.2 Å². The van der Waals surface area contributed by atoms with Gasteiger partial charge in [-0.05, 0) is 6.07 Å². The summed E-state index contributed by atoms with van der Waals surface area (Å²) in [6.07, 6.45) is -4.87. The van der Waals surface area contributed by atoms with Gasteiger partial charge in [-0.2, -0.15) is 13.2 Å². The predicted molar refractivity (Wildman–Crippen MR) is 65.0 cm³/mol. The van der Waals surface area contributed by atoms with E-state index in [0.717, 1.165) is 12.1 Å². The standard InChI is InChI=1S/C11H11F3N2O5/c1-21-5-9(10(17)18)15-8-3-2-6(16(19)20)4-7(8)11(12,13)14/h2-4,9,15H,5H2,1H3,(H,17,18). The Labute approximate surface area is 116 Å². The van der Waals surface area contributed by atoms with E-state index in [1.54, 1.807) is 0 Å². The molecule has 0 amide bonds. The number of hydrogen-bond donors (Lipinski definition) is 2. The minimum atomic E-state index is -4.87. The van der Waals surface area contributed by atoms with E-state index < -0.39 is 40.0 Å². The molecule has 10 heteroatoms. The molecule has 116 valence electrons. The highest BCUT2D eigenvalue weighted by atomic mass is 19.4. The average Bonchev–Trinajstić information content (AvgIpc) is 2.36. The summed E-state index contributed by atoms with van der Waals surface area (Å²) < 4.78 is 43.3. The monoisotopic (exact) mass is 308 g/mol. The van der Waals surface area contributed by atoms with Gasteiger partial charge in [0, 0.05) is 24.9 Å². The number of rotatable bonds is 6. The molecule has 0 saturated heterocycles. The molecular weight excluding hydrogens is 297 g/mol. The van der Waals surface area contributed by atoms with E-state index in [1.165, 1.54) is 7.11 Å². The molecule has 0 aliphatic carbocycles. The van der Waals surface area contributed by atoms with Crippen molar-refractivity contribution < 1.29 is 32.7 Å². The Morgan fingerprint density at radius 3 is 2.57 bits per heavy atom. The molecule has 7 nitrogen and oxygen atoms in total. The van der Waals surface area contributed by atoms with Gasteiger partial charge in [0.15, 0.2) is 0 Å². The number of ether oxygens (including phenoxy) is 1. The van der Waals surface area contributed by atoms with Crippen LogP contribution >= 0.6 is 0 Å². The van der Waals surface area contributed by atoms with Crippen LogP contribution in [0.25, 0.3) is 0 Å². The largest absolute Gasteiger partial charge is 0.480 e. The highest BCUT2D eigenvalue weighted by Gasteiger charge is 2.36. The summed E-state index contributed by atoms with van der Waals surface area (Å²) in [7, 11) is 1.19. The molecule has 0 saturated carbocycles. The Morgan fingerprint density at radius 1 is 1.52 bits per heavy atom. The highest BCUT2D eigenvalue weighted by Crippen LogP contribution is 2.37. The van der Waals surface area contributed by atoms with Crippen molar-refractivity contribution in [1.82, 2.24) is 0 Å². The Morgan fingerprint density at radius 2 is 2.14 bits per heavy atom. The summed E-state index contributed by atoms with van der Waals surface area (Å²) in [5.74, 6) is -1.41. The number of aliphatic carboxylic acids is 1. The first kappa shape index (κ1) is 16.7. The van der Waals surface area contributed by atoms with Crippen molar-refractivity contribution in [2.45, 2.75) is 12.2 Å². The third kappa shape index (κ3) is 4.31. The lowest BCUT2D eigenvalue weighted by Gasteiger charge is -2.18. The van der Waals surface area contributed by atoms with Crippen molar-refractivity contribution in [3.8, 4) is 0 Å². The van der Waals surface area contributed by atoms with Crippen molar-refractivity contribution >= 4 is 17.3 Å². The number of carboxylic acid groups (broad SMARTS) is 1. The normalized spacial score (nSPS) is 12.8. The maximum Gasteiger partial charge on any atom is 0.418 e. The summed E-state index contributed by atoms with van der Waals surface area (Å²) in [5, 5.41) is 21.6. The van der Waals surface area contributed by atoms with Crippen LogP contribution in [0, 0.1) is 10.1 Å². The number of nitro groups is 1. The van der Waals surface area contributed by atoms with E-state index in [-0.39, 0.29) is 6.61 Å². The van der Waals surface area contributed by atoms with Crippen molar-refractivity contribution in [2.24, 2.45) is 0 Å².